The van der Waals surface area contributed by atoms with Crippen molar-refractivity contribution in [2.75, 3.05) is 10.8 Å². The van der Waals surface area contributed by atoms with Gasteiger partial charge in [-0.3, -0.25) is 13.9 Å². The molecule has 0 fully saturated rings. The first-order valence-corrected chi connectivity index (χ1v) is 17.3. The maximum absolute atomic E-state index is 14.6. The predicted molar refractivity (Wildman–Crippen MR) is 185 cm³/mol. The number of anilines is 1. The molecule has 242 valence electrons. The van der Waals surface area contributed by atoms with E-state index in [0.29, 0.717) is 5.69 Å². The van der Waals surface area contributed by atoms with Crippen molar-refractivity contribution in [3.05, 3.63) is 131 Å². The molecule has 1 N–H and O–H groups in total. The third-order valence-electron chi connectivity index (χ3n) is 8.33. The van der Waals surface area contributed by atoms with Gasteiger partial charge in [0.15, 0.2) is 0 Å². The van der Waals surface area contributed by atoms with E-state index >= 15 is 0 Å². The second kappa shape index (κ2) is 15.7. The summed E-state index contributed by atoms with van der Waals surface area (Å²) in [5, 5.41) is 3.08. The zero-order valence-electron chi connectivity index (χ0n) is 27.4. The number of nitrogens with zero attached hydrogens (tertiary/aromatic N) is 2. The molecule has 0 heterocycles. The van der Waals surface area contributed by atoms with Crippen LogP contribution in [-0.4, -0.2) is 43.8 Å². The normalized spacial score (nSPS) is 12.7. The summed E-state index contributed by atoms with van der Waals surface area (Å²) in [5.74, 6) is -0.503. The molecule has 8 heteroatoms. The summed E-state index contributed by atoms with van der Waals surface area (Å²) in [6.45, 7) is 9.68. The first kappa shape index (κ1) is 34.4. The van der Waals surface area contributed by atoms with Crippen LogP contribution in [0, 0.1) is 6.92 Å². The first-order chi connectivity index (χ1) is 22.0. The SMILES string of the molecule is CCC(C)NC(=O)C(Cc1ccccc1)N(Cc1ccccc1C)C(=O)CN(c1ccc(C(C)C)cc1)S(=O)(=O)c1ccccc1. The van der Waals surface area contributed by atoms with E-state index in [1.54, 1.807) is 35.2 Å². The second-order valence-corrected chi connectivity index (χ2v) is 13.9. The lowest BCUT2D eigenvalue weighted by Crippen LogP contribution is -2.54. The van der Waals surface area contributed by atoms with Crippen LogP contribution in [0.3, 0.4) is 0 Å². The fourth-order valence-corrected chi connectivity index (χ4v) is 6.68. The number of benzene rings is 4. The Morgan fingerprint density at radius 2 is 1.37 bits per heavy atom. The second-order valence-electron chi connectivity index (χ2n) is 12.0. The summed E-state index contributed by atoms with van der Waals surface area (Å²) in [7, 11) is -4.14. The van der Waals surface area contributed by atoms with Crippen LogP contribution in [0.1, 0.15) is 62.3 Å². The monoisotopic (exact) mass is 639 g/mol. The molecular weight excluding hydrogens is 595 g/mol. The number of hydrogen-bond acceptors (Lipinski definition) is 4. The van der Waals surface area contributed by atoms with Crippen molar-refractivity contribution in [1.29, 1.82) is 0 Å². The smallest absolute Gasteiger partial charge is 0.264 e. The number of rotatable bonds is 14. The zero-order valence-corrected chi connectivity index (χ0v) is 28.2. The molecule has 2 amide bonds. The molecular formula is C38H45N3O4S. The quantitative estimate of drug-likeness (QED) is 0.163. The van der Waals surface area contributed by atoms with Crippen molar-refractivity contribution in [3.8, 4) is 0 Å². The molecule has 2 atom stereocenters. The highest BCUT2D eigenvalue weighted by Crippen LogP contribution is 2.27. The highest BCUT2D eigenvalue weighted by molar-refractivity contribution is 7.92. The standard InChI is InChI=1S/C38H45N3O4S/c1-6-30(5)39-38(43)36(25-31-16-9-7-10-17-31)40(26-33-18-14-13-15-29(33)4)37(42)27-41(34-23-21-32(22-24-34)28(2)3)46(44,45)35-19-11-8-12-20-35/h7-24,28,30,36H,6,25-27H2,1-5H3,(H,39,43). The number of sulfonamides is 1. The Morgan fingerprint density at radius 1 is 0.783 bits per heavy atom. The van der Waals surface area contributed by atoms with Gasteiger partial charge >= 0.3 is 0 Å². The maximum atomic E-state index is 14.6. The Morgan fingerprint density at radius 3 is 1.96 bits per heavy atom. The van der Waals surface area contributed by atoms with Gasteiger partial charge in [0.2, 0.25) is 11.8 Å². The van der Waals surface area contributed by atoms with Crippen LogP contribution in [-0.2, 0) is 32.6 Å². The Balaban J connectivity index is 1.82. The van der Waals surface area contributed by atoms with E-state index in [2.05, 4.69) is 19.2 Å². The molecule has 0 bridgehead atoms. The average molecular weight is 640 g/mol. The molecule has 2 unspecified atom stereocenters. The highest BCUT2D eigenvalue weighted by Gasteiger charge is 2.35. The minimum absolute atomic E-state index is 0.0801. The number of carbonyl (C=O) groups is 2. The van der Waals surface area contributed by atoms with Crippen molar-refractivity contribution in [1.82, 2.24) is 10.2 Å². The lowest BCUT2D eigenvalue weighted by atomic mass is 10.0. The lowest BCUT2D eigenvalue weighted by molar-refractivity contribution is -0.140. The van der Waals surface area contributed by atoms with Crippen LogP contribution in [0.4, 0.5) is 5.69 Å². The van der Waals surface area contributed by atoms with E-state index in [1.807, 2.05) is 87.5 Å². The van der Waals surface area contributed by atoms with Gasteiger partial charge in [-0.25, -0.2) is 8.42 Å². The van der Waals surface area contributed by atoms with Gasteiger partial charge in [0.1, 0.15) is 12.6 Å². The molecule has 0 saturated heterocycles. The molecule has 0 aliphatic carbocycles. The number of carbonyl (C=O) groups excluding carboxylic acids is 2. The molecule has 0 aliphatic rings. The van der Waals surface area contributed by atoms with Crippen molar-refractivity contribution in [2.45, 2.75) is 76.9 Å². The van der Waals surface area contributed by atoms with Crippen molar-refractivity contribution < 1.29 is 18.0 Å². The largest absolute Gasteiger partial charge is 0.352 e. The molecule has 0 radical (unpaired) electrons. The van der Waals surface area contributed by atoms with E-state index in [0.717, 1.165) is 33.0 Å². The van der Waals surface area contributed by atoms with E-state index in [-0.39, 0.29) is 35.7 Å². The number of aryl methyl sites for hydroxylation is 1. The van der Waals surface area contributed by atoms with Crippen LogP contribution in [0.25, 0.3) is 0 Å². The summed E-state index contributed by atoms with van der Waals surface area (Å²) in [5.41, 5.74) is 4.18. The van der Waals surface area contributed by atoms with Gasteiger partial charge in [-0.2, -0.15) is 0 Å². The fraction of sp³-hybridized carbons (Fsp3) is 0.316. The topological polar surface area (TPSA) is 86.8 Å². The molecule has 0 aromatic heterocycles. The molecule has 0 aliphatic heterocycles. The summed E-state index contributed by atoms with van der Waals surface area (Å²) in [6, 6.07) is 31.7. The minimum Gasteiger partial charge on any atom is -0.352 e. The van der Waals surface area contributed by atoms with Gasteiger partial charge in [-0.05, 0) is 72.7 Å². The molecule has 4 aromatic rings. The Kier molecular flexibility index (Phi) is 11.8. The summed E-state index contributed by atoms with van der Waals surface area (Å²) in [4.78, 5) is 30.2. The third-order valence-corrected chi connectivity index (χ3v) is 10.1. The summed E-state index contributed by atoms with van der Waals surface area (Å²) < 4.78 is 29.5. The Hall–Kier alpha value is -4.43. The molecule has 0 spiro atoms. The molecule has 4 aromatic carbocycles. The molecule has 46 heavy (non-hydrogen) atoms. The van der Waals surface area contributed by atoms with E-state index in [4.69, 9.17) is 0 Å². The van der Waals surface area contributed by atoms with Crippen molar-refractivity contribution in [3.63, 3.8) is 0 Å². The van der Waals surface area contributed by atoms with Crippen LogP contribution in [0.2, 0.25) is 0 Å². The maximum Gasteiger partial charge on any atom is 0.264 e. The number of nitrogens with one attached hydrogen (secondary N) is 1. The van der Waals surface area contributed by atoms with E-state index in [9.17, 15) is 18.0 Å². The molecule has 0 saturated carbocycles. The third kappa shape index (κ3) is 8.63. The summed E-state index contributed by atoms with van der Waals surface area (Å²) >= 11 is 0. The van der Waals surface area contributed by atoms with E-state index in [1.165, 1.54) is 12.1 Å². The molecule has 4 rings (SSSR count). The predicted octanol–water partition coefficient (Wildman–Crippen LogP) is 6.87. The van der Waals surface area contributed by atoms with Gasteiger partial charge < -0.3 is 10.2 Å². The van der Waals surface area contributed by atoms with Crippen LogP contribution < -0.4 is 9.62 Å². The van der Waals surface area contributed by atoms with Gasteiger partial charge in [-0.1, -0.05) is 106 Å². The summed E-state index contributed by atoms with van der Waals surface area (Å²) in [6.07, 6.45) is 1.00. The number of amides is 2. The van der Waals surface area contributed by atoms with E-state index < -0.39 is 28.5 Å². The first-order valence-electron chi connectivity index (χ1n) is 15.9. The average Bonchev–Trinajstić information content (AvgIpc) is 3.06. The fourth-order valence-electron chi connectivity index (χ4n) is 5.24. The Bertz CT molecular complexity index is 1690. The minimum atomic E-state index is -4.14. The Labute approximate surface area is 274 Å². The van der Waals surface area contributed by atoms with Crippen LogP contribution in [0.5, 0.6) is 0 Å². The van der Waals surface area contributed by atoms with Gasteiger partial charge in [-0.15, -0.1) is 0 Å². The van der Waals surface area contributed by atoms with Gasteiger partial charge in [0.05, 0.1) is 10.6 Å². The van der Waals surface area contributed by atoms with Crippen LogP contribution in [0.15, 0.2) is 114 Å². The van der Waals surface area contributed by atoms with Gasteiger partial charge in [0, 0.05) is 19.0 Å². The highest BCUT2D eigenvalue weighted by atomic mass is 32.2. The van der Waals surface area contributed by atoms with Crippen LogP contribution >= 0.6 is 0 Å². The lowest BCUT2D eigenvalue weighted by Gasteiger charge is -2.34. The van der Waals surface area contributed by atoms with Crippen molar-refractivity contribution >= 4 is 27.5 Å². The number of hydrogen-bond donors (Lipinski definition) is 1. The zero-order chi connectivity index (χ0) is 33.3. The van der Waals surface area contributed by atoms with Crippen molar-refractivity contribution in [2.24, 2.45) is 0 Å². The molecule has 7 nitrogen and oxygen atoms in total. The van der Waals surface area contributed by atoms with Gasteiger partial charge in [0.25, 0.3) is 10.0 Å².